The van der Waals surface area contributed by atoms with Crippen molar-refractivity contribution in [2.75, 3.05) is 19.7 Å². The molecule has 1 aliphatic heterocycles. The highest BCUT2D eigenvalue weighted by Crippen LogP contribution is 2.19. The van der Waals surface area contributed by atoms with Gasteiger partial charge in [0.2, 0.25) is 0 Å². The van der Waals surface area contributed by atoms with E-state index in [1.165, 1.54) is 0 Å². The van der Waals surface area contributed by atoms with Crippen molar-refractivity contribution < 1.29 is 9.53 Å². The molecule has 0 spiro atoms. The van der Waals surface area contributed by atoms with E-state index in [1.807, 2.05) is 12.1 Å². The van der Waals surface area contributed by atoms with Gasteiger partial charge in [-0.25, -0.2) is 0 Å². The summed E-state index contributed by atoms with van der Waals surface area (Å²) in [6.07, 6.45) is 1.80. The van der Waals surface area contributed by atoms with Gasteiger partial charge in [-0.3, -0.25) is 9.69 Å². The number of morpholine rings is 1. The summed E-state index contributed by atoms with van der Waals surface area (Å²) in [6.45, 7) is 6.67. The van der Waals surface area contributed by atoms with Gasteiger partial charge < -0.3 is 4.74 Å². The van der Waals surface area contributed by atoms with Gasteiger partial charge in [0.1, 0.15) is 0 Å². The summed E-state index contributed by atoms with van der Waals surface area (Å²) in [6, 6.07) is 7.68. The lowest BCUT2D eigenvalue weighted by Gasteiger charge is -2.38. The zero-order chi connectivity index (χ0) is 14.5. The normalized spacial score (nSPS) is 23.8. The lowest BCUT2D eigenvalue weighted by Crippen LogP contribution is -2.49. The molecule has 0 radical (unpaired) electrons. The Morgan fingerprint density at radius 2 is 2.20 bits per heavy atom. The van der Waals surface area contributed by atoms with E-state index in [0.717, 1.165) is 26.1 Å². The van der Waals surface area contributed by atoms with Gasteiger partial charge in [0.25, 0.3) is 0 Å². The molecule has 1 aliphatic rings. The Morgan fingerprint density at radius 3 is 2.90 bits per heavy atom. The van der Waals surface area contributed by atoms with E-state index >= 15 is 0 Å². The molecule has 0 bridgehead atoms. The highest BCUT2D eigenvalue weighted by atomic mass is 35.5. The summed E-state index contributed by atoms with van der Waals surface area (Å²) in [5.74, 6) is 0.115. The van der Waals surface area contributed by atoms with Gasteiger partial charge >= 0.3 is 0 Å². The molecule has 0 saturated carbocycles. The van der Waals surface area contributed by atoms with Crippen molar-refractivity contribution in [2.45, 2.75) is 38.8 Å². The van der Waals surface area contributed by atoms with E-state index in [-0.39, 0.29) is 11.9 Å². The minimum absolute atomic E-state index is 0.115. The van der Waals surface area contributed by atoms with Gasteiger partial charge in [-0.15, -0.1) is 0 Å². The minimum Gasteiger partial charge on any atom is -0.376 e. The summed E-state index contributed by atoms with van der Waals surface area (Å²) in [5.41, 5.74) is 0.628. The molecular formula is C16H22ClNO2. The van der Waals surface area contributed by atoms with Crippen molar-refractivity contribution in [1.82, 2.24) is 4.90 Å². The topological polar surface area (TPSA) is 29.5 Å². The molecular weight excluding hydrogens is 274 g/mol. The number of ketones is 1. The number of nitrogens with zero attached hydrogens (tertiary/aromatic N) is 1. The maximum atomic E-state index is 12.2. The van der Waals surface area contributed by atoms with E-state index < -0.39 is 0 Å². The summed E-state index contributed by atoms with van der Waals surface area (Å²) < 4.78 is 5.67. The second-order valence-corrected chi connectivity index (χ2v) is 5.76. The lowest BCUT2D eigenvalue weighted by molar-refractivity contribution is -0.0553. The summed E-state index contributed by atoms with van der Waals surface area (Å²) in [7, 11) is 0. The fraction of sp³-hybridized carbons (Fsp3) is 0.562. The minimum atomic E-state index is 0.115. The molecule has 2 atom stereocenters. The first-order valence-electron chi connectivity index (χ1n) is 7.25. The van der Waals surface area contributed by atoms with Crippen LogP contribution in [0.5, 0.6) is 0 Å². The van der Waals surface area contributed by atoms with Gasteiger partial charge in [-0.1, -0.05) is 30.7 Å². The van der Waals surface area contributed by atoms with E-state index in [4.69, 9.17) is 16.3 Å². The highest BCUT2D eigenvalue weighted by molar-refractivity contribution is 6.33. The van der Waals surface area contributed by atoms with Crippen LogP contribution in [0.2, 0.25) is 5.02 Å². The number of hydrogen-bond acceptors (Lipinski definition) is 3. The molecule has 3 nitrogen and oxygen atoms in total. The third-order valence-electron chi connectivity index (χ3n) is 3.85. The molecule has 1 aromatic rings. The van der Waals surface area contributed by atoms with Crippen LogP contribution in [0.25, 0.3) is 0 Å². The molecule has 1 fully saturated rings. The maximum absolute atomic E-state index is 12.2. The Balaban J connectivity index is 1.93. The van der Waals surface area contributed by atoms with Crippen LogP contribution in [0.1, 0.15) is 37.0 Å². The largest absolute Gasteiger partial charge is 0.376 e. The molecule has 2 rings (SSSR count). The molecule has 4 heteroatoms. The molecule has 0 aliphatic carbocycles. The number of hydrogen-bond donors (Lipinski definition) is 0. The summed E-state index contributed by atoms with van der Waals surface area (Å²) in [4.78, 5) is 14.6. The molecule has 1 saturated heterocycles. The van der Waals surface area contributed by atoms with Crippen molar-refractivity contribution in [1.29, 1.82) is 0 Å². The van der Waals surface area contributed by atoms with Crippen LogP contribution >= 0.6 is 11.6 Å². The van der Waals surface area contributed by atoms with Gasteiger partial charge in [0, 0.05) is 31.1 Å². The number of carbonyl (C=O) groups is 1. The van der Waals surface area contributed by atoms with E-state index in [2.05, 4.69) is 18.7 Å². The zero-order valence-electron chi connectivity index (χ0n) is 12.1. The van der Waals surface area contributed by atoms with Crippen molar-refractivity contribution >= 4 is 17.4 Å². The zero-order valence-corrected chi connectivity index (χ0v) is 12.9. The standard InChI is InChI=1S/C16H22ClNO2/c1-3-13-11-20-12(2)10-18(13)9-8-16(19)14-6-4-5-7-15(14)17/h4-7,12-13H,3,8-11H2,1-2H3. The first-order valence-corrected chi connectivity index (χ1v) is 7.63. The van der Waals surface area contributed by atoms with Crippen molar-refractivity contribution in [3.05, 3.63) is 34.9 Å². The van der Waals surface area contributed by atoms with Crippen LogP contribution in [0.3, 0.4) is 0 Å². The second kappa shape index (κ2) is 7.21. The highest BCUT2D eigenvalue weighted by Gasteiger charge is 2.25. The van der Waals surface area contributed by atoms with Crippen LogP contribution < -0.4 is 0 Å². The Bertz CT molecular complexity index is 464. The third-order valence-corrected chi connectivity index (χ3v) is 4.18. The Kier molecular flexibility index (Phi) is 5.58. The van der Waals surface area contributed by atoms with Crippen LogP contribution in [0.15, 0.2) is 24.3 Å². The predicted octanol–water partition coefficient (Wildman–Crippen LogP) is 3.41. The molecule has 20 heavy (non-hydrogen) atoms. The van der Waals surface area contributed by atoms with Crippen LogP contribution in [0.4, 0.5) is 0 Å². The molecule has 2 unspecified atom stereocenters. The van der Waals surface area contributed by atoms with E-state index in [9.17, 15) is 4.79 Å². The van der Waals surface area contributed by atoms with E-state index in [0.29, 0.717) is 23.0 Å². The lowest BCUT2D eigenvalue weighted by atomic mass is 10.1. The van der Waals surface area contributed by atoms with Gasteiger partial charge in [0.15, 0.2) is 5.78 Å². The Hall–Kier alpha value is -0.900. The average Bonchev–Trinajstić information content (AvgIpc) is 2.45. The summed E-state index contributed by atoms with van der Waals surface area (Å²) >= 11 is 6.07. The SMILES string of the molecule is CCC1COC(C)CN1CCC(=O)c1ccccc1Cl. The Morgan fingerprint density at radius 1 is 1.45 bits per heavy atom. The predicted molar refractivity (Wildman–Crippen MR) is 81.5 cm³/mol. The molecule has 110 valence electrons. The second-order valence-electron chi connectivity index (χ2n) is 5.35. The Labute approximate surface area is 125 Å². The molecule has 0 N–H and O–H groups in total. The fourth-order valence-corrected chi connectivity index (χ4v) is 2.87. The third kappa shape index (κ3) is 3.81. The van der Waals surface area contributed by atoms with Gasteiger partial charge in [0.05, 0.1) is 17.7 Å². The van der Waals surface area contributed by atoms with Crippen molar-refractivity contribution in [3.8, 4) is 0 Å². The number of ether oxygens (including phenoxy) is 1. The number of halogens is 1. The monoisotopic (exact) mass is 295 g/mol. The number of carbonyl (C=O) groups excluding carboxylic acids is 1. The van der Waals surface area contributed by atoms with Crippen LogP contribution in [0, 0.1) is 0 Å². The first-order chi connectivity index (χ1) is 9.61. The van der Waals surface area contributed by atoms with Crippen LogP contribution in [-0.4, -0.2) is 42.5 Å². The molecule has 0 aromatic heterocycles. The van der Waals surface area contributed by atoms with Crippen molar-refractivity contribution in [2.24, 2.45) is 0 Å². The van der Waals surface area contributed by atoms with Gasteiger partial charge in [-0.05, 0) is 25.5 Å². The van der Waals surface area contributed by atoms with Gasteiger partial charge in [-0.2, -0.15) is 0 Å². The smallest absolute Gasteiger partial charge is 0.165 e. The number of rotatable bonds is 5. The van der Waals surface area contributed by atoms with E-state index in [1.54, 1.807) is 12.1 Å². The number of Topliss-reactive ketones (excluding diaryl/α,β-unsaturated/α-hetero) is 1. The van der Waals surface area contributed by atoms with Crippen LogP contribution in [-0.2, 0) is 4.74 Å². The quantitative estimate of drug-likeness (QED) is 0.780. The number of benzene rings is 1. The maximum Gasteiger partial charge on any atom is 0.165 e. The fourth-order valence-electron chi connectivity index (χ4n) is 2.63. The average molecular weight is 296 g/mol. The first kappa shape index (κ1) is 15.5. The molecule has 0 amide bonds. The molecule has 1 aromatic carbocycles. The summed E-state index contributed by atoms with van der Waals surface area (Å²) in [5, 5.41) is 0.542. The molecule has 1 heterocycles. The van der Waals surface area contributed by atoms with Crippen molar-refractivity contribution in [3.63, 3.8) is 0 Å².